The van der Waals surface area contributed by atoms with Gasteiger partial charge in [-0.05, 0) is 39.0 Å². The summed E-state index contributed by atoms with van der Waals surface area (Å²) in [5.74, 6) is -0.0342. The van der Waals surface area contributed by atoms with Crippen molar-refractivity contribution in [2.24, 2.45) is 17.6 Å². The zero-order valence-corrected chi connectivity index (χ0v) is 16.9. The first-order valence-corrected chi connectivity index (χ1v) is 10.6. The van der Waals surface area contributed by atoms with E-state index in [1.54, 1.807) is 13.8 Å². The lowest BCUT2D eigenvalue weighted by molar-refractivity contribution is -0.126. The number of amides is 1. The molecule has 2 unspecified atom stereocenters. The lowest BCUT2D eigenvalue weighted by Crippen LogP contribution is -2.49. The third-order valence-corrected chi connectivity index (χ3v) is 6.93. The SMILES string of the molecule is Cc1n[nH]c(C)c1S(=O)(=O)N1CCCC(C(=O)NC(CN)CC(C)C)C1. The van der Waals surface area contributed by atoms with Crippen LogP contribution in [0.4, 0.5) is 0 Å². The van der Waals surface area contributed by atoms with E-state index in [0.29, 0.717) is 43.2 Å². The summed E-state index contributed by atoms with van der Waals surface area (Å²) in [6.45, 7) is 8.52. The van der Waals surface area contributed by atoms with Gasteiger partial charge in [-0.3, -0.25) is 9.89 Å². The van der Waals surface area contributed by atoms with E-state index in [4.69, 9.17) is 5.73 Å². The van der Waals surface area contributed by atoms with E-state index in [0.717, 1.165) is 6.42 Å². The van der Waals surface area contributed by atoms with Crippen LogP contribution >= 0.6 is 0 Å². The third kappa shape index (κ3) is 4.63. The summed E-state index contributed by atoms with van der Waals surface area (Å²) in [6, 6.07) is -0.0761. The first kappa shape index (κ1) is 20.9. The van der Waals surface area contributed by atoms with Gasteiger partial charge in [0.25, 0.3) is 0 Å². The van der Waals surface area contributed by atoms with E-state index in [-0.39, 0.29) is 29.3 Å². The van der Waals surface area contributed by atoms with Gasteiger partial charge in [0.1, 0.15) is 4.90 Å². The van der Waals surface area contributed by atoms with Crippen LogP contribution in [0.1, 0.15) is 44.5 Å². The molecular weight excluding hydrogens is 354 g/mol. The molecule has 0 saturated carbocycles. The molecular formula is C17H31N5O3S. The Hall–Kier alpha value is -1.45. The Balaban J connectivity index is 2.10. The average molecular weight is 386 g/mol. The van der Waals surface area contributed by atoms with Crippen LogP contribution in [-0.4, -0.2) is 54.5 Å². The molecule has 0 bridgehead atoms. The number of nitrogens with zero attached hydrogens (tertiary/aromatic N) is 2. The lowest BCUT2D eigenvalue weighted by atomic mass is 9.97. The van der Waals surface area contributed by atoms with E-state index in [1.807, 2.05) is 0 Å². The largest absolute Gasteiger partial charge is 0.352 e. The highest BCUT2D eigenvalue weighted by molar-refractivity contribution is 7.89. The van der Waals surface area contributed by atoms with Crippen molar-refractivity contribution in [1.29, 1.82) is 0 Å². The van der Waals surface area contributed by atoms with Gasteiger partial charge in [0, 0.05) is 25.7 Å². The standard InChI is InChI=1S/C17H31N5O3S/c1-11(2)8-15(9-18)19-17(23)14-6-5-7-22(10-14)26(24,25)16-12(3)20-21-13(16)4/h11,14-15H,5-10,18H2,1-4H3,(H,19,23)(H,20,21). The van der Waals surface area contributed by atoms with Gasteiger partial charge in [0.05, 0.1) is 17.3 Å². The van der Waals surface area contributed by atoms with Crippen molar-refractivity contribution < 1.29 is 13.2 Å². The minimum atomic E-state index is -3.66. The monoisotopic (exact) mass is 385 g/mol. The number of piperidine rings is 1. The van der Waals surface area contributed by atoms with Gasteiger partial charge >= 0.3 is 0 Å². The Morgan fingerprint density at radius 2 is 2.12 bits per heavy atom. The molecule has 1 aliphatic heterocycles. The maximum absolute atomic E-state index is 13.0. The van der Waals surface area contributed by atoms with Gasteiger partial charge in [-0.25, -0.2) is 8.42 Å². The predicted molar refractivity (Wildman–Crippen MR) is 100.0 cm³/mol. The van der Waals surface area contributed by atoms with Gasteiger partial charge in [0.2, 0.25) is 15.9 Å². The second-order valence-electron chi connectivity index (χ2n) is 7.54. The van der Waals surface area contributed by atoms with Crippen molar-refractivity contribution in [3.8, 4) is 0 Å². The zero-order valence-electron chi connectivity index (χ0n) is 16.1. The summed E-state index contributed by atoms with van der Waals surface area (Å²) in [5, 5.41) is 9.70. The first-order valence-electron chi connectivity index (χ1n) is 9.19. The maximum Gasteiger partial charge on any atom is 0.246 e. The molecule has 9 heteroatoms. The molecule has 4 N–H and O–H groups in total. The van der Waals surface area contributed by atoms with Crippen molar-refractivity contribution in [3.05, 3.63) is 11.4 Å². The summed E-state index contributed by atoms with van der Waals surface area (Å²) in [5.41, 5.74) is 6.74. The van der Waals surface area contributed by atoms with Gasteiger partial charge in [0.15, 0.2) is 0 Å². The minimum Gasteiger partial charge on any atom is -0.352 e. The molecule has 1 aliphatic rings. The number of hydrogen-bond acceptors (Lipinski definition) is 5. The van der Waals surface area contributed by atoms with Gasteiger partial charge in [-0.15, -0.1) is 0 Å². The third-order valence-electron chi connectivity index (χ3n) is 4.80. The Morgan fingerprint density at radius 3 is 2.65 bits per heavy atom. The summed E-state index contributed by atoms with van der Waals surface area (Å²) in [4.78, 5) is 12.9. The number of aromatic nitrogens is 2. The molecule has 2 heterocycles. The quantitative estimate of drug-likeness (QED) is 0.644. The van der Waals surface area contributed by atoms with Crippen LogP contribution in [-0.2, 0) is 14.8 Å². The Bertz CT molecular complexity index is 709. The first-order chi connectivity index (χ1) is 12.2. The molecule has 26 heavy (non-hydrogen) atoms. The van der Waals surface area contributed by atoms with E-state index >= 15 is 0 Å². The van der Waals surface area contributed by atoms with E-state index < -0.39 is 10.0 Å². The number of nitrogens with two attached hydrogens (primary N) is 1. The Morgan fingerprint density at radius 1 is 1.42 bits per heavy atom. The minimum absolute atomic E-state index is 0.0761. The van der Waals surface area contributed by atoms with E-state index in [1.165, 1.54) is 4.31 Å². The molecule has 1 saturated heterocycles. The van der Waals surface area contributed by atoms with Gasteiger partial charge in [-0.1, -0.05) is 13.8 Å². The van der Waals surface area contributed by atoms with Crippen LogP contribution < -0.4 is 11.1 Å². The van der Waals surface area contributed by atoms with E-state index in [9.17, 15) is 13.2 Å². The summed E-state index contributed by atoms with van der Waals surface area (Å²) >= 11 is 0. The zero-order chi connectivity index (χ0) is 19.5. The number of carbonyl (C=O) groups is 1. The molecule has 1 fully saturated rings. The summed E-state index contributed by atoms with van der Waals surface area (Å²) in [7, 11) is -3.66. The average Bonchev–Trinajstić information content (AvgIpc) is 2.93. The molecule has 1 aromatic rings. The van der Waals surface area contributed by atoms with Crippen LogP contribution in [0, 0.1) is 25.7 Å². The number of carbonyl (C=O) groups excluding carboxylic acids is 1. The number of H-pyrrole nitrogens is 1. The molecule has 0 aliphatic carbocycles. The van der Waals surface area contributed by atoms with Gasteiger partial charge < -0.3 is 11.1 Å². The molecule has 2 rings (SSSR count). The highest BCUT2D eigenvalue weighted by atomic mass is 32.2. The van der Waals surface area contributed by atoms with Gasteiger partial charge in [-0.2, -0.15) is 9.40 Å². The van der Waals surface area contributed by atoms with Crippen molar-refractivity contribution in [2.75, 3.05) is 19.6 Å². The van der Waals surface area contributed by atoms with Crippen LogP contribution in [0.15, 0.2) is 4.90 Å². The smallest absolute Gasteiger partial charge is 0.246 e. The molecule has 8 nitrogen and oxygen atoms in total. The van der Waals surface area contributed by atoms with Crippen LogP contribution in [0.3, 0.4) is 0 Å². The van der Waals surface area contributed by atoms with Crippen LogP contribution in [0.2, 0.25) is 0 Å². The number of sulfonamides is 1. The summed E-state index contributed by atoms with van der Waals surface area (Å²) < 4.78 is 27.4. The number of nitrogens with one attached hydrogen (secondary N) is 2. The summed E-state index contributed by atoms with van der Waals surface area (Å²) in [6.07, 6.45) is 2.15. The topological polar surface area (TPSA) is 121 Å². The predicted octanol–water partition coefficient (Wildman–Crippen LogP) is 0.917. The Kier molecular flexibility index (Phi) is 6.81. The lowest BCUT2D eigenvalue weighted by Gasteiger charge is -2.32. The normalized spacial score (nSPS) is 20.3. The fourth-order valence-corrected chi connectivity index (χ4v) is 5.38. The van der Waals surface area contributed by atoms with Crippen molar-refractivity contribution in [3.63, 3.8) is 0 Å². The molecule has 0 aromatic carbocycles. The number of aromatic amines is 1. The van der Waals surface area contributed by atoms with E-state index in [2.05, 4.69) is 29.4 Å². The molecule has 1 amide bonds. The molecule has 0 radical (unpaired) electrons. The second-order valence-corrected chi connectivity index (χ2v) is 9.41. The highest BCUT2D eigenvalue weighted by Crippen LogP contribution is 2.27. The maximum atomic E-state index is 13.0. The fraction of sp³-hybridized carbons (Fsp3) is 0.765. The second kappa shape index (κ2) is 8.49. The molecule has 1 aromatic heterocycles. The van der Waals surface area contributed by atoms with Crippen molar-refractivity contribution in [2.45, 2.75) is 57.9 Å². The molecule has 2 atom stereocenters. The Labute approximate surface area is 156 Å². The van der Waals surface area contributed by atoms with Crippen LogP contribution in [0.25, 0.3) is 0 Å². The molecule has 0 spiro atoms. The van der Waals surface area contributed by atoms with Crippen LogP contribution in [0.5, 0.6) is 0 Å². The number of aryl methyl sites for hydroxylation is 2. The molecule has 148 valence electrons. The number of hydrogen-bond donors (Lipinski definition) is 3. The fourth-order valence-electron chi connectivity index (χ4n) is 3.53. The van der Waals surface area contributed by atoms with Crippen molar-refractivity contribution >= 4 is 15.9 Å². The highest BCUT2D eigenvalue weighted by Gasteiger charge is 2.36. The van der Waals surface area contributed by atoms with Crippen molar-refractivity contribution in [1.82, 2.24) is 19.8 Å². The number of rotatable bonds is 7.